The van der Waals surface area contributed by atoms with Crippen LogP contribution >= 0.6 is 11.6 Å². The molecule has 0 radical (unpaired) electrons. The van der Waals surface area contributed by atoms with E-state index in [4.69, 9.17) is 17.3 Å². The minimum Gasteiger partial charge on any atom is -0.327 e. The highest BCUT2D eigenvalue weighted by Gasteiger charge is 2.32. The lowest BCUT2D eigenvalue weighted by Gasteiger charge is -2.26. The topological polar surface area (TPSA) is 60.2 Å². The van der Waals surface area contributed by atoms with Crippen molar-refractivity contribution in [2.45, 2.75) is 54.7 Å². The minimum absolute atomic E-state index is 0.274. The van der Waals surface area contributed by atoms with Gasteiger partial charge in [-0.3, -0.25) is 0 Å². The van der Waals surface area contributed by atoms with Crippen LogP contribution < -0.4 is 5.73 Å². The maximum Gasteiger partial charge on any atom is 0.182 e. The van der Waals surface area contributed by atoms with E-state index in [-0.39, 0.29) is 6.04 Å². The zero-order valence-corrected chi connectivity index (χ0v) is 12.5. The third kappa shape index (κ3) is 3.50. The number of hydrogen-bond donors (Lipinski definition) is 1. The molecule has 106 valence electrons. The summed E-state index contributed by atoms with van der Waals surface area (Å²) >= 11 is 5.89. The molecule has 1 aromatic carbocycles. The molecule has 1 fully saturated rings. The summed E-state index contributed by atoms with van der Waals surface area (Å²) in [5, 5.41) is -0.0354. The van der Waals surface area contributed by atoms with Gasteiger partial charge in [0.1, 0.15) is 0 Å². The zero-order chi connectivity index (χ0) is 13.9. The van der Waals surface area contributed by atoms with E-state index in [1.165, 1.54) is 6.07 Å². The summed E-state index contributed by atoms with van der Waals surface area (Å²) < 4.78 is 25.4. The molecule has 2 unspecified atom stereocenters. The molecule has 1 aliphatic carbocycles. The first-order chi connectivity index (χ1) is 9.01. The van der Waals surface area contributed by atoms with Gasteiger partial charge in [0.15, 0.2) is 9.84 Å². The maximum absolute atomic E-state index is 12.7. The maximum atomic E-state index is 12.7. The van der Waals surface area contributed by atoms with Gasteiger partial charge in [-0.15, -0.1) is 0 Å². The lowest BCUT2D eigenvalue weighted by atomic mass is 9.97. The van der Waals surface area contributed by atoms with Crippen LogP contribution in [0, 0.1) is 0 Å². The monoisotopic (exact) mass is 301 g/mol. The summed E-state index contributed by atoms with van der Waals surface area (Å²) in [4.78, 5) is 0.293. The van der Waals surface area contributed by atoms with E-state index < -0.39 is 15.1 Å². The molecule has 0 bridgehead atoms. The van der Waals surface area contributed by atoms with E-state index >= 15 is 0 Å². The molecule has 0 spiro atoms. The van der Waals surface area contributed by atoms with E-state index in [0.717, 1.165) is 32.1 Å². The fourth-order valence-corrected chi connectivity index (χ4v) is 4.92. The molecular formula is C14H20ClNO2S. The van der Waals surface area contributed by atoms with Crippen LogP contribution in [-0.2, 0) is 9.84 Å². The molecule has 3 nitrogen and oxygen atoms in total. The Morgan fingerprint density at radius 3 is 2.47 bits per heavy atom. The first-order valence-electron chi connectivity index (χ1n) is 6.77. The molecule has 0 saturated heterocycles. The summed E-state index contributed by atoms with van der Waals surface area (Å²) in [5.74, 6) is 0. The highest BCUT2D eigenvalue weighted by Crippen LogP contribution is 2.28. The van der Waals surface area contributed by atoms with Gasteiger partial charge in [-0.05, 0) is 31.0 Å². The fraction of sp³-hybridized carbons (Fsp3) is 0.571. The molecule has 0 aromatic heterocycles. The van der Waals surface area contributed by atoms with Crippen LogP contribution in [0.15, 0.2) is 29.2 Å². The Morgan fingerprint density at radius 2 is 1.79 bits per heavy atom. The van der Waals surface area contributed by atoms with E-state index in [1.54, 1.807) is 18.2 Å². The molecule has 0 amide bonds. The first-order valence-corrected chi connectivity index (χ1v) is 8.69. The van der Waals surface area contributed by atoms with Crippen LogP contribution in [0.5, 0.6) is 0 Å². The van der Waals surface area contributed by atoms with Crippen molar-refractivity contribution in [3.8, 4) is 0 Å². The summed E-state index contributed by atoms with van der Waals surface area (Å²) in [7, 11) is -3.38. The van der Waals surface area contributed by atoms with E-state index in [9.17, 15) is 8.42 Å². The fourth-order valence-electron chi connectivity index (χ4n) is 2.68. The summed E-state index contributed by atoms with van der Waals surface area (Å²) in [5.41, 5.74) is 6.10. The number of benzene rings is 1. The van der Waals surface area contributed by atoms with Gasteiger partial charge in [0, 0.05) is 11.1 Å². The molecule has 2 atom stereocenters. The van der Waals surface area contributed by atoms with Crippen LogP contribution in [0.4, 0.5) is 0 Å². The molecule has 0 aliphatic heterocycles. The second kappa shape index (κ2) is 6.25. The molecule has 1 saturated carbocycles. The second-order valence-corrected chi connectivity index (χ2v) is 7.80. The van der Waals surface area contributed by atoms with Gasteiger partial charge in [-0.25, -0.2) is 8.42 Å². The SMILES string of the molecule is NC1CCCCCCC1S(=O)(=O)c1cccc(Cl)c1. The highest BCUT2D eigenvalue weighted by molar-refractivity contribution is 7.92. The van der Waals surface area contributed by atoms with Crippen LogP contribution in [0.1, 0.15) is 38.5 Å². The largest absolute Gasteiger partial charge is 0.327 e. The quantitative estimate of drug-likeness (QED) is 0.912. The van der Waals surface area contributed by atoms with Crippen molar-refractivity contribution < 1.29 is 8.42 Å². The Balaban J connectivity index is 2.31. The average molecular weight is 302 g/mol. The number of nitrogens with two attached hydrogens (primary N) is 1. The van der Waals surface area contributed by atoms with Crippen molar-refractivity contribution in [2.75, 3.05) is 0 Å². The Morgan fingerprint density at radius 1 is 1.11 bits per heavy atom. The minimum atomic E-state index is -3.38. The first kappa shape index (κ1) is 14.8. The second-order valence-electron chi connectivity index (χ2n) is 5.20. The van der Waals surface area contributed by atoms with Crippen molar-refractivity contribution in [2.24, 2.45) is 5.73 Å². The molecule has 1 aromatic rings. The molecule has 5 heteroatoms. The van der Waals surface area contributed by atoms with Crippen LogP contribution in [0.2, 0.25) is 5.02 Å². The zero-order valence-electron chi connectivity index (χ0n) is 10.9. The smallest absolute Gasteiger partial charge is 0.182 e. The Kier molecular flexibility index (Phi) is 4.87. The third-order valence-electron chi connectivity index (χ3n) is 3.78. The normalized spacial score (nSPS) is 25.6. The van der Waals surface area contributed by atoms with Gasteiger partial charge in [-0.2, -0.15) is 0 Å². The van der Waals surface area contributed by atoms with Crippen LogP contribution in [-0.4, -0.2) is 19.7 Å². The number of sulfone groups is 1. The average Bonchev–Trinajstić information content (AvgIpc) is 2.34. The van der Waals surface area contributed by atoms with Crippen molar-refractivity contribution in [1.29, 1.82) is 0 Å². The summed E-state index contributed by atoms with van der Waals surface area (Å²) in [6.45, 7) is 0. The summed E-state index contributed by atoms with van der Waals surface area (Å²) in [6, 6.07) is 6.20. The number of rotatable bonds is 2. The van der Waals surface area contributed by atoms with Crippen LogP contribution in [0.3, 0.4) is 0 Å². The van der Waals surface area contributed by atoms with Gasteiger partial charge < -0.3 is 5.73 Å². The number of hydrogen-bond acceptors (Lipinski definition) is 3. The standard InChI is InChI=1S/C14H20ClNO2S/c15-11-6-5-7-12(10-11)19(17,18)14-9-4-2-1-3-8-13(14)16/h5-7,10,13-14H,1-4,8-9,16H2. The third-order valence-corrected chi connectivity index (χ3v) is 6.31. The van der Waals surface area contributed by atoms with Gasteiger partial charge in [0.05, 0.1) is 10.1 Å². The molecule has 0 heterocycles. The van der Waals surface area contributed by atoms with Gasteiger partial charge >= 0.3 is 0 Å². The van der Waals surface area contributed by atoms with Gasteiger partial charge in [0.25, 0.3) is 0 Å². The molecule has 2 rings (SSSR count). The van der Waals surface area contributed by atoms with E-state index in [1.807, 2.05) is 0 Å². The van der Waals surface area contributed by atoms with Crippen molar-refractivity contribution in [1.82, 2.24) is 0 Å². The van der Waals surface area contributed by atoms with Gasteiger partial charge in [0.2, 0.25) is 0 Å². The molecular weight excluding hydrogens is 282 g/mol. The van der Waals surface area contributed by atoms with Crippen molar-refractivity contribution in [3.63, 3.8) is 0 Å². The van der Waals surface area contributed by atoms with Crippen LogP contribution in [0.25, 0.3) is 0 Å². The predicted molar refractivity (Wildman–Crippen MR) is 78.1 cm³/mol. The lowest BCUT2D eigenvalue weighted by molar-refractivity contribution is 0.444. The van der Waals surface area contributed by atoms with Crippen molar-refractivity contribution in [3.05, 3.63) is 29.3 Å². The molecule has 1 aliphatic rings. The van der Waals surface area contributed by atoms with E-state index in [0.29, 0.717) is 16.3 Å². The lowest BCUT2D eigenvalue weighted by Crippen LogP contribution is -2.41. The van der Waals surface area contributed by atoms with Gasteiger partial charge in [-0.1, -0.05) is 43.4 Å². The highest BCUT2D eigenvalue weighted by atomic mass is 35.5. The Labute approximate surface area is 120 Å². The van der Waals surface area contributed by atoms with E-state index in [2.05, 4.69) is 0 Å². The molecule has 2 N–H and O–H groups in total. The Hall–Kier alpha value is -0.580. The van der Waals surface area contributed by atoms with Crippen molar-refractivity contribution >= 4 is 21.4 Å². The number of halogens is 1. The predicted octanol–water partition coefficient (Wildman–Crippen LogP) is 3.16. The summed E-state index contributed by atoms with van der Waals surface area (Å²) in [6.07, 6.45) is 5.62. The molecule has 19 heavy (non-hydrogen) atoms. The Bertz CT molecular complexity index is 530.